The molecule has 0 aliphatic carbocycles. The van der Waals surface area contributed by atoms with Gasteiger partial charge in [-0.2, -0.15) is 0 Å². The van der Waals surface area contributed by atoms with E-state index in [9.17, 15) is 14.8 Å². The van der Waals surface area contributed by atoms with E-state index < -0.39 is 38.0 Å². The van der Waals surface area contributed by atoms with Crippen molar-refractivity contribution in [3.8, 4) is 0 Å². The molecule has 34 heavy (non-hydrogen) atoms. The summed E-state index contributed by atoms with van der Waals surface area (Å²) in [4.78, 5) is 12.3. The summed E-state index contributed by atoms with van der Waals surface area (Å²) in [7, 11) is -3.96. The lowest BCUT2D eigenvalue weighted by Crippen LogP contribution is -2.44. The normalized spacial score (nSPS) is 34.0. The molecule has 2 fully saturated rings. The monoisotopic (exact) mass is 555 g/mol. The number of ether oxygens (including phenoxy) is 1. The molecule has 0 aromatic carbocycles. The Morgan fingerprint density at radius 3 is 3.03 bits per heavy atom. The van der Waals surface area contributed by atoms with Crippen LogP contribution >= 0.6 is 23.8 Å². The molecule has 4 N–H and O–H groups in total. The van der Waals surface area contributed by atoms with Crippen LogP contribution in [0.15, 0.2) is 41.5 Å². The molecule has 14 heteroatoms. The summed E-state index contributed by atoms with van der Waals surface area (Å²) in [5.74, 6) is 0.279. The fraction of sp³-hybridized carbons (Fsp3) is 0.450. The van der Waals surface area contributed by atoms with Crippen LogP contribution in [0.1, 0.15) is 31.2 Å². The van der Waals surface area contributed by atoms with Crippen LogP contribution in [0.2, 0.25) is 0 Å². The van der Waals surface area contributed by atoms with E-state index in [2.05, 4.69) is 30.9 Å². The predicted octanol–water partition coefficient (Wildman–Crippen LogP) is 2.48. The van der Waals surface area contributed by atoms with E-state index in [-0.39, 0.29) is 19.0 Å². The number of phosphoric acid groups is 1. The van der Waals surface area contributed by atoms with Gasteiger partial charge in [0.05, 0.1) is 24.7 Å². The molecule has 0 unspecified atom stereocenters. The van der Waals surface area contributed by atoms with Crippen LogP contribution in [-0.2, 0) is 22.9 Å². The first-order chi connectivity index (χ1) is 16.2. The predicted molar refractivity (Wildman–Crippen MR) is 122 cm³/mol. The number of aliphatic hydroxyl groups is 2. The van der Waals surface area contributed by atoms with Gasteiger partial charge in [-0.3, -0.25) is 18.6 Å². The third kappa shape index (κ3) is 4.27. The first-order valence-corrected chi connectivity index (χ1v) is 12.7. The van der Waals surface area contributed by atoms with E-state index in [0.29, 0.717) is 17.5 Å². The highest BCUT2D eigenvalue weighted by molar-refractivity contribution is 9.10. The van der Waals surface area contributed by atoms with Gasteiger partial charge in [0.25, 0.3) is 0 Å². The van der Waals surface area contributed by atoms with Gasteiger partial charge in [-0.1, -0.05) is 0 Å². The van der Waals surface area contributed by atoms with Crippen LogP contribution in [0, 0.1) is 0 Å². The molecule has 0 spiro atoms. The topological polar surface area (TPSA) is 164 Å². The SMILES string of the molecule is C[C@@]1(O)[C@H](O)[C@@H](CO[P@@]2(=O)OCC[C@@H](c3cncc(Br)c3)O2)O[C@H]1n1ccc2c(N)ncnc21. The van der Waals surface area contributed by atoms with Crippen molar-refractivity contribution in [1.82, 2.24) is 19.5 Å². The van der Waals surface area contributed by atoms with Crippen molar-refractivity contribution in [2.24, 2.45) is 0 Å². The first kappa shape index (κ1) is 23.8. The molecule has 5 rings (SSSR count). The van der Waals surface area contributed by atoms with Crippen molar-refractivity contribution >= 4 is 40.6 Å². The number of aromatic nitrogens is 4. The second-order valence-electron chi connectivity index (χ2n) is 8.31. The molecule has 182 valence electrons. The number of nitrogens with two attached hydrogens (primary N) is 1. The maximum atomic E-state index is 13.1. The van der Waals surface area contributed by atoms with Crippen molar-refractivity contribution in [1.29, 1.82) is 0 Å². The Labute approximate surface area is 202 Å². The lowest BCUT2D eigenvalue weighted by atomic mass is 9.96. The summed E-state index contributed by atoms with van der Waals surface area (Å²) in [6, 6.07) is 3.51. The third-order valence-electron chi connectivity index (χ3n) is 5.93. The number of aliphatic hydroxyl groups excluding tert-OH is 1. The molecule has 0 saturated carbocycles. The molecule has 6 atom stereocenters. The Hall–Kier alpha value is -1.96. The zero-order valence-corrected chi connectivity index (χ0v) is 20.5. The van der Waals surface area contributed by atoms with E-state index in [1.165, 1.54) is 13.3 Å². The number of nitrogens with zero attached hydrogens (tertiary/aromatic N) is 4. The average molecular weight is 556 g/mol. The highest BCUT2D eigenvalue weighted by Gasteiger charge is 2.54. The van der Waals surface area contributed by atoms with Crippen LogP contribution in [0.3, 0.4) is 0 Å². The van der Waals surface area contributed by atoms with E-state index in [0.717, 1.165) is 10.0 Å². The van der Waals surface area contributed by atoms with Crippen LogP contribution in [-0.4, -0.2) is 60.8 Å². The van der Waals surface area contributed by atoms with Gasteiger partial charge in [0, 0.05) is 35.0 Å². The van der Waals surface area contributed by atoms with Crippen molar-refractivity contribution in [3.63, 3.8) is 0 Å². The number of halogens is 1. The van der Waals surface area contributed by atoms with E-state index in [1.807, 2.05) is 6.07 Å². The van der Waals surface area contributed by atoms with Gasteiger partial charge in [-0.05, 0) is 35.0 Å². The smallest absolute Gasteiger partial charge is 0.387 e. The number of phosphoric ester groups is 1. The lowest BCUT2D eigenvalue weighted by Gasteiger charge is -2.30. The standard InChI is InChI=1S/C20H23BrN5O7P/c1-20(28)16(27)15(32-19(20)26-4-2-13-17(22)24-10-25-18(13)26)9-31-34(29)30-5-3-14(33-34)11-6-12(21)8-23-7-11/h2,4,6-8,10,14-16,19,27-28H,3,5,9H2,1H3,(H2,22,24,25)/t14-,15+,16+,19+,20+,34+/m0/s1. The molecule has 2 aliphatic heterocycles. The molecule has 0 amide bonds. The third-order valence-corrected chi connectivity index (χ3v) is 7.84. The van der Waals surface area contributed by atoms with E-state index in [1.54, 1.807) is 29.2 Å². The number of hydrogen-bond donors (Lipinski definition) is 3. The van der Waals surface area contributed by atoms with Gasteiger partial charge >= 0.3 is 7.82 Å². The van der Waals surface area contributed by atoms with E-state index >= 15 is 0 Å². The van der Waals surface area contributed by atoms with Crippen LogP contribution in [0.4, 0.5) is 5.82 Å². The van der Waals surface area contributed by atoms with Crippen LogP contribution in [0.5, 0.6) is 0 Å². The van der Waals surface area contributed by atoms with E-state index in [4.69, 9.17) is 24.0 Å². The largest absolute Gasteiger partial charge is 0.475 e. The Bertz CT molecular complexity index is 1260. The van der Waals surface area contributed by atoms with Crippen LogP contribution < -0.4 is 5.73 Å². The Balaban J connectivity index is 1.31. The number of nitrogen functional groups attached to an aromatic ring is 1. The average Bonchev–Trinajstić information content (AvgIpc) is 3.32. The molecule has 5 heterocycles. The van der Waals surface area contributed by atoms with Crippen molar-refractivity contribution in [2.75, 3.05) is 18.9 Å². The summed E-state index contributed by atoms with van der Waals surface area (Å²) in [5.41, 5.74) is 5.34. The lowest BCUT2D eigenvalue weighted by molar-refractivity contribution is -0.0950. The summed E-state index contributed by atoms with van der Waals surface area (Å²) in [6.07, 6.45) is 2.72. The quantitative estimate of drug-likeness (QED) is 0.396. The zero-order chi connectivity index (χ0) is 24.1. The molecule has 3 aromatic rings. The fourth-order valence-corrected chi connectivity index (χ4v) is 5.91. The maximum absolute atomic E-state index is 13.1. The maximum Gasteiger partial charge on any atom is 0.475 e. The zero-order valence-electron chi connectivity index (χ0n) is 18.0. The highest BCUT2D eigenvalue weighted by atomic mass is 79.9. The van der Waals surface area contributed by atoms with Crippen molar-refractivity contribution in [3.05, 3.63) is 47.1 Å². The van der Waals surface area contributed by atoms with Gasteiger partial charge in [0.1, 0.15) is 35.6 Å². The first-order valence-electron chi connectivity index (χ1n) is 10.5. The van der Waals surface area contributed by atoms with Gasteiger partial charge in [-0.25, -0.2) is 14.5 Å². The summed E-state index contributed by atoms with van der Waals surface area (Å²) in [6.45, 7) is 1.24. The van der Waals surface area contributed by atoms with Gasteiger partial charge in [0.2, 0.25) is 0 Å². The molecule has 0 radical (unpaired) electrons. The molecule has 0 bridgehead atoms. The number of rotatable bonds is 5. The molecular weight excluding hydrogens is 533 g/mol. The minimum absolute atomic E-state index is 0.152. The number of anilines is 1. The summed E-state index contributed by atoms with van der Waals surface area (Å²) >= 11 is 3.36. The molecule has 2 aliphatic rings. The Morgan fingerprint density at radius 2 is 2.24 bits per heavy atom. The molecule has 12 nitrogen and oxygen atoms in total. The second kappa shape index (κ2) is 8.92. The van der Waals surface area contributed by atoms with Gasteiger partial charge < -0.3 is 25.3 Å². The number of fused-ring (bicyclic) bond motifs is 1. The minimum atomic E-state index is -3.96. The number of pyridine rings is 1. The van der Waals surface area contributed by atoms with Gasteiger partial charge in [0.15, 0.2) is 6.23 Å². The summed E-state index contributed by atoms with van der Waals surface area (Å²) in [5, 5.41) is 22.4. The molecule has 2 saturated heterocycles. The van der Waals surface area contributed by atoms with Crippen LogP contribution in [0.25, 0.3) is 11.0 Å². The molecule has 3 aromatic heterocycles. The minimum Gasteiger partial charge on any atom is -0.387 e. The Kier molecular flexibility index (Phi) is 6.23. The fourth-order valence-electron chi connectivity index (χ4n) is 4.13. The number of hydrogen-bond acceptors (Lipinski definition) is 11. The van der Waals surface area contributed by atoms with Crippen molar-refractivity contribution < 1.29 is 33.1 Å². The molecular formula is C20H23BrN5O7P. The van der Waals surface area contributed by atoms with Gasteiger partial charge in [-0.15, -0.1) is 0 Å². The second-order valence-corrected chi connectivity index (χ2v) is 10.8. The highest BCUT2D eigenvalue weighted by Crippen LogP contribution is 2.57. The van der Waals surface area contributed by atoms with Crippen molar-refractivity contribution in [2.45, 2.75) is 43.5 Å². The summed E-state index contributed by atoms with van der Waals surface area (Å²) < 4.78 is 37.8. The Morgan fingerprint density at radius 1 is 1.41 bits per heavy atom.